The molecule has 0 bridgehead atoms. The summed E-state index contributed by atoms with van der Waals surface area (Å²) in [6, 6.07) is 1.23. The van der Waals surface area contributed by atoms with E-state index in [1.54, 1.807) is 0 Å². The van der Waals surface area contributed by atoms with Crippen LogP contribution in [0.4, 0.5) is 0 Å². The summed E-state index contributed by atoms with van der Waals surface area (Å²) < 4.78 is 7.39. The molecule has 16 heavy (non-hydrogen) atoms. The van der Waals surface area contributed by atoms with Crippen molar-refractivity contribution in [3.8, 4) is 0 Å². The van der Waals surface area contributed by atoms with Crippen molar-refractivity contribution in [1.29, 1.82) is 0 Å². The van der Waals surface area contributed by atoms with Crippen LogP contribution in [0.3, 0.4) is 0 Å². The van der Waals surface area contributed by atoms with Gasteiger partial charge >= 0.3 is 0 Å². The van der Waals surface area contributed by atoms with E-state index < -0.39 is 0 Å². The first-order valence-corrected chi connectivity index (χ1v) is 5.69. The average molecular weight is 215 g/mol. The average Bonchev–Trinajstić information content (AvgIpc) is 2.73. The van der Waals surface area contributed by atoms with Gasteiger partial charge in [-0.25, -0.2) is 5.70 Å². The molecule has 0 N–H and O–H groups in total. The number of allylic oxidation sites excluding steroid dienone is 1. The molecule has 84 valence electrons. The van der Waals surface area contributed by atoms with Gasteiger partial charge in [0.05, 0.1) is 19.9 Å². The topological polar surface area (TPSA) is 26.3 Å². The summed E-state index contributed by atoms with van der Waals surface area (Å²) in [4.78, 5) is 0. The number of ether oxygens (including phenoxy) is 1. The fourth-order valence-electron chi connectivity index (χ4n) is 2.41. The van der Waals surface area contributed by atoms with Crippen molar-refractivity contribution >= 4 is 6.72 Å². The fourth-order valence-corrected chi connectivity index (χ4v) is 2.41. The molecule has 3 rings (SSSR count). The van der Waals surface area contributed by atoms with Crippen molar-refractivity contribution in [3.05, 3.63) is 46.6 Å². The SMILES string of the molecule is C=[N+]1CCC2=C(C3=CCOCC3)[N-]C=C[C-]21. The smallest absolute Gasteiger partial charge is 0.133 e. The van der Waals surface area contributed by atoms with Crippen molar-refractivity contribution in [1.82, 2.24) is 0 Å². The Bertz CT molecular complexity index is 418. The van der Waals surface area contributed by atoms with Crippen molar-refractivity contribution in [2.24, 2.45) is 0 Å². The van der Waals surface area contributed by atoms with E-state index in [4.69, 9.17) is 4.74 Å². The predicted octanol–water partition coefficient (Wildman–Crippen LogP) is 2.14. The van der Waals surface area contributed by atoms with E-state index in [9.17, 15) is 0 Å². The maximum absolute atomic E-state index is 5.33. The molecule has 0 aromatic rings. The van der Waals surface area contributed by atoms with Gasteiger partial charge in [0.1, 0.15) is 12.6 Å². The third-order valence-electron chi connectivity index (χ3n) is 3.27. The number of hydrogen-bond acceptors (Lipinski definition) is 1. The lowest BCUT2D eigenvalue weighted by molar-refractivity contribution is -0.475. The summed E-state index contributed by atoms with van der Waals surface area (Å²) in [6.45, 7) is 6.55. The maximum Gasteiger partial charge on any atom is 0.133 e. The van der Waals surface area contributed by atoms with Gasteiger partial charge in [-0.15, -0.1) is 5.57 Å². The Kier molecular flexibility index (Phi) is 2.33. The second-order valence-corrected chi connectivity index (χ2v) is 4.22. The van der Waals surface area contributed by atoms with Gasteiger partial charge in [0.25, 0.3) is 0 Å². The van der Waals surface area contributed by atoms with E-state index in [1.165, 1.54) is 17.2 Å². The highest BCUT2D eigenvalue weighted by molar-refractivity contribution is 5.56. The molecule has 1 fully saturated rings. The highest BCUT2D eigenvalue weighted by atomic mass is 16.5. The summed E-state index contributed by atoms with van der Waals surface area (Å²) in [5.74, 6) is 0. The zero-order valence-corrected chi connectivity index (χ0v) is 9.28. The number of fused-ring (bicyclic) bond motifs is 1. The van der Waals surface area contributed by atoms with E-state index >= 15 is 0 Å². The van der Waals surface area contributed by atoms with Crippen LogP contribution in [-0.4, -0.2) is 31.1 Å². The van der Waals surface area contributed by atoms with Gasteiger partial charge in [0, 0.05) is 6.42 Å². The zero-order chi connectivity index (χ0) is 11.0. The second-order valence-electron chi connectivity index (χ2n) is 4.22. The molecule has 0 spiro atoms. The lowest BCUT2D eigenvalue weighted by Gasteiger charge is -2.38. The van der Waals surface area contributed by atoms with Gasteiger partial charge in [-0.2, -0.15) is 0 Å². The standard InChI is InChI=1S/C13H15N2O/c1-15-7-3-11-12(15)2-6-14-13(11)10-4-8-16-9-5-10/h2,4,6H,1,3,5,7-9H2/q-1. The molecule has 3 aliphatic heterocycles. The Morgan fingerprint density at radius 2 is 2.38 bits per heavy atom. The number of hydrogen-bond donors (Lipinski definition) is 0. The van der Waals surface area contributed by atoms with Gasteiger partial charge in [-0.1, -0.05) is 17.7 Å². The Morgan fingerprint density at radius 3 is 3.19 bits per heavy atom. The van der Waals surface area contributed by atoms with E-state index in [-0.39, 0.29) is 0 Å². The number of rotatable bonds is 1. The monoisotopic (exact) mass is 215 g/mol. The molecule has 3 nitrogen and oxygen atoms in total. The molecule has 0 unspecified atom stereocenters. The van der Waals surface area contributed by atoms with Crippen LogP contribution in [0.5, 0.6) is 0 Å². The van der Waals surface area contributed by atoms with E-state index in [0.717, 1.165) is 38.3 Å². The molecule has 0 atom stereocenters. The molecule has 3 heterocycles. The molecule has 0 aromatic carbocycles. The van der Waals surface area contributed by atoms with Crippen LogP contribution in [0.15, 0.2) is 35.2 Å². The summed E-state index contributed by atoms with van der Waals surface area (Å²) in [6.07, 6.45) is 8.12. The minimum atomic E-state index is 0.717. The highest BCUT2D eigenvalue weighted by Crippen LogP contribution is 2.39. The summed E-state index contributed by atoms with van der Waals surface area (Å²) in [5.41, 5.74) is 3.84. The van der Waals surface area contributed by atoms with Gasteiger partial charge in [0.2, 0.25) is 0 Å². The molecular formula is C13H15N2O-. The minimum Gasteiger partial charge on any atom is -0.750 e. The van der Waals surface area contributed by atoms with Crippen LogP contribution in [0.25, 0.3) is 5.32 Å². The van der Waals surface area contributed by atoms with E-state index in [2.05, 4.69) is 28.8 Å². The predicted molar refractivity (Wildman–Crippen MR) is 63.2 cm³/mol. The van der Waals surface area contributed by atoms with Gasteiger partial charge < -0.3 is 10.1 Å². The van der Waals surface area contributed by atoms with Crippen LogP contribution >= 0.6 is 0 Å². The maximum atomic E-state index is 5.33. The van der Waals surface area contributed by atoms with Crippen molar-refractivity contribution in [3.63, 3.8) is 0 Å². The molecule has 3 aliphatic rings. The first kappa shape index (κ1) is 9.73. The van der Waals surface area contributed by atoms with Gasteiger partial charge in [0.15, 0.2) is 0 Å². The first-order valence-electron chi connectivity index (χ1n) is 5.69. The molecule has 3 heteroatoms. The van der Waals surface area contributed by atoms with E-state index in [0.29, 0.717) is 0 Å². The minimum absolute atomic E-state index is 0.717. The highest BCUT2D eigenvalue weighted by Gasteiger charge is 2.25. The number of nitrogens with zero attached hydrogens (tertiary/aromatic N) is 2. The molecule has 0 saturated carbocycles. The molecule has 0 aliphatic carbocycles. The van der Waals surface area contributed by atoms with E-state index in [1.807, 2.05) is 6.20 Å². The molecule has 1 saturated heterocycles. The Balaban J connectivity index is 1.97. The van der Waals surface area contributed by atoms with Crippen molar-refractivity contribution < 1.29 is 9.31 Å². The van der Waals surface area contributed by atoms with Crippen LogP contribution < -0.4 is 0 Å². The van der Waals surface area contributed by atoms with Crippen molar-refractivity contribution in [2.75, 3.05) is 19.8 Å². The summed E-state index contributed by atoms with van der Waals surface area (Å²) in [7, 11) is 0. The normalized spacial score (nSPS) is 24.4. The second kappa shape index (κ2) is 3.83. The third-order valence-corrected chi connectivity index (χ3v) is 3.27. The zero-order valence-electron chi connectivity index (χ0n) is 9.28. The Morgan fingerprint density at radius 1 is 1.44 bits per heavy atom. The van der Waals surface area contributed by atoms with Crippen LogP contribution in [0.2, 0.25) is 0 Å². The largest absolute Gasteiger partial charge is 0.750 e. The first-order chi connectivity index (χ1) is 7.86. The molecule has 0 amide bonds. The van der Waals surface area contributed by atoms with Gasteiger partial charge in [-0.3, -0.25) is 10.8 Å². The lowest BCUT2D eigenvalue weighted by atomic mass is 9.96. The summed E-state index contributed by atoms with van der Waals surface area (Å²) in [5, 5.41) is 4.53. The van der Waals surface area contributed by atoms with Crippen LogP contribution in [0.1, 0.15) is 12.8 Å². The molecule has 0 aromatic heterocycles. The fraction of sp³-hybridized carbons (Fsp3) is 0.385. The van der Waals surface area contributed by atoms with Crippen LogP contribution in [-0.2, 0) is 4.74 Å². The van der Waals surface area contributed by atoms with Gasteiger partial charge in [-0.05, 0) is 6.42 Å². The Hall–Kier alpha value is -1.48. The van der Waals surface area contributed by atoms with Crippen molar-refractivity contribution in [2.45, 2.75) is 12.8 Å². The lowest BCUT2D eigenvalue weighted by Crippen LogP contribution is -2.12. The van der Waals surface area contributed by atoms with Crippen LogP contribution in [0, 0.1) is 6.04 Å². The molecule has 0 radical (unpaired) electrons. The molecular weight excluding hydrogens is 200 g/mol. The Labute approximate surface area is 95.8 Å². The summed E-state index contributed by atoms with van der Waals surface area (Å²) >= 11 is 0. The quantitative estimate of drug-likeness (QED) is 0.486. The third kappa shape index (κ3) is 1.48.